The van der Waals surface area contributed by atoms with E-state index in [1.54, 1.807) is 13.1 Å². The molecule has 0 saturated heterocycles. The van der Waals surface area contributed by atoms with Crippen molar-refractivity contribution in [2.24, 2.45) is 0 Å². The molecule has 0 unspecified atom stereocenters. The van der Waals surface area contributed by atoms with Gasteiger partial charge < -0.3 is 20.3 Å². The molecule has 3 rings (SSSR count). The Morgan fingerprint density at radius 3 is 2.72 bits per heavy atom. The van der Waals surface area contributed by atoms with E-state index in [1.165, 1.54) is 25.4 Å². The summed E-state index contributed by atoms with van der Waals surface area (Å²) in [5.74, 6) is 0.459. The molecule has 0 saturated carbocycles. The maximum atomic E-state index is 12.8. The molecule has 154 valence electrons. The summed E-state index contributed by atoms with van der Waals surface area (Å²) in [6, 6.07) is 4.51. The molecule has 0 atom stereocenters. The van der Waals surface area contributed by atoms with Gasteiger partial charge in [-0.1, -0.05) is 17.7 Å². The SMILES string of the molecule is CNc1nc(Nc2ccc(C(=O)N3CC=C(C(F)(F)F)C3)cc2OC)ncc1Cl. The van der Waals surface area contributed by atoms with E-state index in [9.17, 15) is 18.0 Å². The normalized spacial score (nSPS) is 13.9. The Hall–Kier alpha value is -3.01. The van der Waals surface area contributed by atoms with Crippen LogP contribution in [0, 0.1) is 0 Å². The van der Waals surface area contributed by atoms with Crippen molar-refractivity contribution < 1.29 is 22.7 Å². The Balaban J connectivity index is 1.78. The Bertz CT molecular complexity index is 965. The second-order valence-electron chi connectivity index (χ2n) is 6.09. The van der Waals surface area contributed by atoms with Gasteiger partial charge in [0.05, 0.1) is 31.1 Å². The van der Waals surface area contributed by atoms with Crippen molar-refractivity contribution in [3.05, 3.63) is 46.6 Å². The lowest BCUT2D eigenvalue weighted by atomic mass is 10.1. The van der Waals surface area contributed by atoms with Crippen LogP contribution in [0.5, 0.6) is 5.75 Å². The number of anilines is 3. The molecule has 7 nitrogen and oxygen atoms in total. The highest BCUT2D eigenvalue weighted by atomic mass is 35.5. The van der Waals surface area contributed by atoms with Gasteiger partial charge in [0.15, 0.2) is 0 Å². The number of halogens is 4. The average molecular weight is 428 g/mol. The summed E-state index contributed by atoms with van der Waals surface area (Å²) >= 11 is 5.96. The Labute approximate surface area is 169 Å². The minimum Gasteiger partial charge on any atom is -0.495 e. The third-order valence-corrected chi connectivity index (χ3v) is 4.52. The van der Waals surface area contributed by atoms with Gasteiger partial charge in [-0.3, -0.25) is 4.79 Å². The van der Waals surface area contributed by atoms with Crippen LogP contribution >= 0.6 is 11.6 Å². The molecule has 29 heavy (non-hydrogen) atoms. The van der Waals surface area contributed by atoms with Crippen LogP contribution < -0.4 is 15.4 Å². The summed E-state index contributed by atoms with van der Waals surface area (Å²) in [5, 5.41) is 6.14. The summed E-state index contributed by atoms with van der Waals surface area (Å²) in [7, 11) is 3.08. The molecule has 0 spiro atoms. The molecule has 0 radical (unpaired) electrons. The van der Waals surface area contributed by atoms with Crippen molar-refractivity contribution in [1.29, 1.82) is 0 Å². The quantitative estimate of drug-likeness (QED) is 0.705. The van der Waals surface area contributed by atoms with Crippen LogP contribution in [0.2, 0.25) is 5.02 Å². The summed E-state index contributed by atoms with van der Waals surface area (Å²) < 4.78 is 43.7. The monoisotopic (exact) mass is 427 g/mol. The number of methoxy groups -OCH3 is 1. The van der Waals surface area contributed by atoms with Crippen LogP contribution in [-0.4, -0.2) is 54.2 Å². The fourth-order valence-electron chi connectivity index (χ4n) is 2.75. The van der Waals surface area contributed by atoms with Crippen molar-refractivity contribution in [3.63, 3.8) is 0 Å². The van der Waals surface area contributed by atoms with Crippen LogP contribution in [0.1, 0.15) is 10.4 Å². The van der Waals surface area contributed by atoms with Gasteiger partial charge in [0.1, 0.15) is 16.6 Å². The zero-order valence-corrected chi connectivity index (χ0v) is 16.2. The van der Waals surface area contributed by atoms with E-state index in [-0.39, 0.29) is 18.1 Å². The lowest BCUT2D eigenvalue weighted by Gasteiger charge is -2.18. The van der Waals surface area contributed by atoms with Gasteiger partial charge >= 0.3 is 6.18 Å². The highest BCUT2D eigenvalue weighted by molar-refractivity contribution is 6.32. The average Bonchev–Trinajstić information content (AvgIpc) is 3.20. The van der Waals surface area contributed by atoms with Crippen molar-refractivity contribution >= 4 is 35.0 Å². The molecular weight excluding hydrogens is 411 g/mol. The van der Waals surface area contributed by atoms with Crippen LogP contribution in [0.15, 0.2) is 36.0 Å². The third kappa shape index (κ3) is 4.53. The number of hydrogen-bond acceptors (Lipinski definition) is 6. The molecule has 0 fully saturated rings. The highest BCUT2D eigenvalue weighted by Crippen LogP contribution is 2.32. The summed E-state index contributed by atoms with van der Waals surface area (Å²) in [6.45, 7) is -0.572. The lowest BCUT2D eigenvalue weighted by Crippen LogP contribution is -2.30. The first kappa shape index (κ1) is 20.7. The van der Waals surface area contributed by atoms with Gasteiger partial charge in [-0.2, -0.15) is 18.2 Å². The van der Waals surface area contributed by atoms with E-state index in [4.69, 9.17) is 16.3 Å². The molecule has 2 aromatic rings. The van der Waals surface area contributed by atoms with Gasteiger partial charge in [0, 0.05) is 19.2 Å². The number of ether oxygens (including phenoxy) is 1. The molecule has 2 heterocycles. The predicted molar refractivity (Wildman–Crippen MR) is 103 cm³/mol. The Kier molecular flexibility index (Phi) is 5.83. The van der Waals surface area contributed by atoms with E-state index >= 15 is 0 Å². The van der Waals surface area contributed by atoms with Crippen LogP contribution in [0.4, 0.5) is 30.6 Å². The number of benzene rings is 1. The molecule has 1 aromatic heterocycles. The summed E-state index contributed by atoms with van der Waals surface area (Å²) in [6.07, 6.45) is -2.00. The molecule has 11 heteroatoms. The fraction of sp³-hybridized carbons (Fsp3) is 0.278. The molecule has 0 aliphatic carbocycles. The Morgan fingerprint density at radius 1 is 1.34 bits per heavy atom. The highest BCUT2D eigenvalue weighted by Gasteiger charge is 2.38. The van der Waals surface area contributed by atoms with Gasteiger partial charge in [0.2, 0.25) is 5.95 Å². The summed E-state index contributed by atoms with van der Waals surface area (Å²) in [4.78, 5) is 22.0. The van der Waals surface area contributed by atoms with E-state index in [0.29, 0.717) is 22.3 Å². The second-order valence-corrected chi connectivity index (χ2v) is 6.50. The topological polar surface area (TPSA) is 79.4 Å². The van der Waals surface area contributed by atoms with Gasteiger partial charge in [-0.05, 0) is 18.2 Å². The standard InChI is InChI=1S/C18H17ClF3N5O2/c1-23-15-12(19)8-24-17(26-15)25-13-4-3-10(7-14(13)29-2)16(28)27-6-5-11(9-27)18(20,21)22/h3-5,7-8H,6,9H2,1-2H3,(H2,23,24,25,26). The number of amides is 1. The van der Waals surface area contributed by atoms with Crippen LogP contribution in [0.25, 0.3) is 0 Å². The minimum atomic E-state index is -4.44. The van der Waals surface area contributed by atoms with Crippen molar-refractivity contribution in [1.82, 2.24) is 14.9 Å². The molecule has 1 amide bonds. The zero-order chi connectivity index (χ0) is 21.2. The number of hydrogen-bond donors (Lipinski definition) is 2. The molecule has 0 bridgehead atoms. The first-order valence-corrected chi connectivity index (χ1v) is 8.81. The summed E-state index contributed by atoms with van der Waals surface area (Å²) in [5.41, 5.74) is -0.0440. The van der Waals surface area contributed by atoms with E-state index in [2.05, 4.69) is 20.6 Å². The third-order valence-electron chi connectivity index (χ3n) is 4.25. The van der Waals surface area contributed by atoms with Crippen molar-refractivity contribution in [2.75, 3.05) is 37.9 Å². The lowest BCUT2D eigenvalue weighted by molar-refractivity contribution is -0.0930. The van der Waals surface area contributed by atoms with Crippen molar-refractivity contribution in [2.45, 2.75) is 6.18 Å². The number of rotatable bonds is 5. The zero-order valence-electron chi connectivity index (χ0n) is 15.5. The Morgan fingerprint density at radius 2 is 2.10 bits per heavy atom. The number of nitrogens with one attached hydrogen (secondary N) is 2. The molecule has 1 aliphatic heterocycles. The molecular formula is C18H17ClF3N5O2. The number of nitrogens with zero attached hydrogens (tertiary/aromatic N) is 3. The van der Waals surface area contributed by atoms with Crippen LogP contribution in [0.3, 0.4) is 0 Å². The molecule has 1 aliphatic rings. The second kappa shape index (κ2) is 8.16. The van der Waals surface area contributed by atoms with Gasteiger partial charge in [-0.15, -0.1) is 0 Å². The van der Waals surface area contributed by atoms with Crippen LogP contribution in [-0.2, 0) is 0 Å². The number of aromatic nitrogens is 2. The van der Waals surface area contributed by atoms with E-state index in [0.717, 1.165) is 11.0 Å². The number of carbonyl (C=O) groups is 1. The maximum absolute atomic E-state index is 12.8. The first-order chi connectivity index (χ1) is 13.7. The molecule has 2 N–H and O–H groups in total. The maximum Gasteiger partial charge on any atom is 0.414 e. The minimum absolute atomic E-state index is 0.0958. The van der Waals surface area contributed by atoms with Gasteiger partial charge in [-0.25, -0.2) is 4.98 Å². The van der Waals surface area contributed by atoms with E-state index in [1.807, 2.05) is 0 Å². The predicted octanol–water partition coefficient (Wildman–Crippen LogP) is 3.87. The number of alkyl halides is 3. The largest absolute Gasteiger partial charge is 0.495 e. The fourth-order valence-corrected chi connectivity index (χ4v) is 2.93. The number of carbonyl (C=O) groups excluding carboxylic acids is 1. The van der Waals surface area contributed by atoms with E-state index < -0.39 is 24.2 Å². The first-order valence-electron chi connectivity index (χ1n) is 8.43. The molecule has 1 aromatic carbocycles. The van der Waals surface area contributed by atoms with Crippen molar-refractivity contribution in [3.8, 4) is 5.75 Å². The van der Waals surface area contributed by atoms with Gasteiger partial charge in [0.25, 0.3) is 5.91 Å². The smallest absolute Gasteiger partial charge is 0.414 e.